The molecule has 0 aliphatic heterocycles. The third-order valence-electron chi connectivity index (χ3n) is 4.19. The Labute approximate surface area is 161 Å². The van der Waals surface area contributed by atoms with Gasteiger partial charge < -0.3 is 14.4 Å². The fourth-order valence-corrected chi connectivity index (χ4v) is 2.97. The smallest absolute Gasteiger partial charge is 0.338 e. The van der Waals surface area contributed by atoms with Crippen molar-refractivity contribution in [3.63, 3.8) is 0 Å². The van der Waals surface area contributed by atoms with Crippen LogP contribution in [0.5, 0.6) is 0 Å². The van der Waals surface area contributed by atoms with Crippen LogP contribution in [-0.4, -0.2) is 33.5 Å². The maximum absolute atomic E-state index is 12.8. The first-order valence-corrected chi connectivity index (χ1v) is 8.54. The molecule has 0 atom stereocenters. The minimum atomic E-state index is -0.552. The van der Waals surface area contributed by atoms with E-state index in [0.29, 0.717) is 23.4 Å². The quantitative estimate of drug-likeness (QED) is 0.521. The van der Waals surface area contributed by atoms with Crippen LogP contribution >= 0.6 is 11.6 Å². The number of aromatic nitrogens is 2. The van der Waals surface area contributed by atoms with Crippen molar-refractivity contribution >= 4 is 23.4 Å². The number of esters is 1. The minimum absolute atomic E-state index is 0.209. The van der Waals surface area contributed by atoms with E-state index in [9.17, 15) is 14.7 Å². The Balaban J connectivity index is 1.83. The minimum Gasteiger partial charge on any atom is -0.465 e. The van der Waals surface area contributed by atoms with Crippen molar-refractivity contribution in [2.75, 3.05) is 7.11 Å². The Kier molecular flexibility index (Phi) is 5.69. The van der Waals surface area contributed by atoms with Gasteiger partial charge >= 0.3 is 5.97 Å². The molecule has 138 valence electrons. The first kappa shape index (κ1) is 18.8. The molecule has 0 aliphatic carbocycles. The number of ether oxygens (including phenoxy) is 1. The molecular formula is C20H17ClN2O4. The number of carbonyl (C=O) groups excluding carboxylic acids is 2. The van der Waals surface area contributed by atoms with Gasteiger partial charge in [-0.25, -0.2) is 9.78 Å². The molecule has 0 aliphatic rings. The van der Waals surface area contributed by atoms with Crippen LogP contribution in [-0.2, 0) is 17.9 Å². The standard InChI is InChI=1S/C20H17ClN2O4/c1-27-20(26)16-5-3-2-4-15(16)18(25)14-8-6-13(7-9-14)10-23-12-22-19(21)17(23)11-24/h2-9,12,24H,10-11H2,1H3. The molecule has 3 aromatic rings. The maximum Gasteiger partial charge on any atom is 0.338 e. The number of imidazole rings is 1. The average Bonchev–Trinajstić information content (AvgIpc) is 3.06. The highest BCUT2D eigenvalue weighted by Gasteiger charge is 2.18. The summed E-state index contributed by atoms with van der Waals surface area (Å²) in [6, 6.07) is 13.6. The molecule has 27 heavy (non-hydrogen) atoms. The van der Waals surface area contributed by atoms with Crippen molar-refractivity contribution in [1.29, 1.82) is 0 Å². The second-order valence-corrected chi connectivity index (χ2v) is 6.19. The Morgan fingerprint density at radius 1 is 1.11 bits per heavy atom. The summed E-state index contributed by atoms with van der Waals surface area (Å²) < 4.78 is 6.48. The van der Waals surface area contributed by atoms with E-state index in [4.69, 9.17) is 16.3 Å². The van der Waals surface area contributed by atoms with Gasteiger partial charge in [0.2, 0.25) is 0 Å². The van der Waals surface area contributed by atoms with Gasteiger partial charge in [0, 0.05) is 17.7 Å². The third kappa shape index (κ3) is 3.92. The van der Waals surface area contributed by atoms with Gasteiger partial charge in [0.25, 0.3) is 0 Å². The van der Waals surface area contributed by atoms with Crippen LogP contribution in [0.1, 0.15) is 37.5 Å². The molecule has 1 heterocycles. The van der Waals surface area contributed by atoms with Crippen LogP contribution in [0, 0.1) is 0 Å². The first-order chi connectivity index (χ1) is 13.0. The summed E-state index contributed by atoms with van der Waals surface area (Å²) in [5, 5.41) is 9.64. The van der Waals surface area contributed by atoms with Crippen molar-refractivity contribution in [3.05, 3.63) is 88.0 Å². The molecule has 0 unspecified atom stereocenters. The number of methoxy groups -OCH3 is 1. The van der Waals surface area contributed by atoms with Gasteiger partial charge in [0.15, 0.2) is 10.9 Å². The highest BCUT2D eigenvalue weighted by molar-refractivity contribution is 6.30. The zero-order chi connectivity index (χ0) is 19.4. The van der Waals surface area contributed by atoms with E-state index in [0.717, 1.165) is 5.56 Å². The van der Waals surface area contributed by atoms with E-state index in [1.165, 1.54) is 7.11 Å². The second-order valence-electron chi connectivity index (χ2n) is 5.83. The molecule has 1 N–H and O–H groups in total. The van der Waals surface area contributed by atoms with Gasteiger partial charge in [-0.15, -0.1) is 0 Å². The largest absolute Gasteiger partial charge is 0.465 e. The van der Waals surface area contributed by atoms with E-state index in [2.05, 4.69) is 4.98 Å². The number of nitrogens with zero attached hydrogens (tertiary/aromatic N) is 2. The van der Waals surface area contributed by atoms with E-state index in [-0.39, 0.29) is 23.1 Å². The zero-order valence-electron chi connectivity index (χ0n) is 14.6. The highest BCUT2D eigenvalue weighted by atomic mass is 35.5. The lowest BCUT2D eigenvalue weighted by Gasteiger charge is -2.09. The van der Waals surface area contributed by atoms with Crippen LogP contribution in [0.3, 0.4) is 0 Å². The molecule has 6 nitrogen and oxygen atoms in total. The first-order valence-electron chi connectivity index (χ1n) is 8.16. The van der Waals surface area contributed by atoms with Crippen molar-refractivity contribution in [2.45, 2.75) is 13.2 Å². The summed E-state index contributed by atoms with van der Waals surface area (Å²) in [7, 11) is 1.28. The number of aliphatic hydroxyl groups is 1. The number of rotatable bonds is 6. The summed E-state index contributed by atoms with van der Waals surface area (Å²) >= 11 is 5.92. The van der Waals surface area contributed by atoms with Crippen molar-refractivity contribution in [1.82, 2.24) is 9.55 Å². The molecule has 0 saturated heterocycles. The lowest BCUT2D eigenvalue weighted by Crippen LogP contribution is -2.11. The number of hydrogen-bond acceptors (Lipinski definition) is 5. The molecule has 7 heteroatoms. The van der Waals surface area contributed by atoms with Crippen molar-refractivity contribution in [2.24, 2.45) is 0 Å². The summed E-state index contributed by atoms with van der Waals surface area (Å²) in [5.41, 5.74) is 2.43. The number of ketones is 1. The number of aliphatic hydroxyl groups excluding tert-OH is 1. The molecule has 0 radical (unpaired) electrons. The van der Waals surface area contributed by atoms with Crippen molar-refractivity contribution in [3.8, 4) is 0 Å². The third-order valence-corrected chi connectivity index (χ3v) is 4.51. The summed E-state index contributed by atoms with van der Waals surface area (Å²) in [4.78, 5) is 28.6. The van der Waals surface area contributed by atoms with E-state index in [1.807, 2.05) is 12.1 Å². The molecule has 0 saturated carbocycles. The number of hydrogen-bond donors (Lipinski definition) is 1. The molecular weight excluding hydrogens is 368 g/mol. The monoisotopic (exact) mass is 384 g/mol. The Hall–Kier alpha value is -2.96. The molecule has 2 aromatic carbocycles. The SMILES string of the molecule is COC(=O)c1ccccc1C(=O)c1ccc(Cn2cnc(Cl)c2CO)cc1. The molecule has 0 spiro atoms. The zero-order valence-corrected chi connectivity index (χ0v) is 15.3. The lowest BCUT2D eigenvalue weighted by atomic mass is 9.97. The van der Waals surface area contributed by atoms with Gasteiger partial charge in [0.05, 0.1) is 31.3 Å². The second kappa shape index (κ2) is 8.16. The van der Waals surface area contributed by atoms with Gasteiger partial charge in [-0.3, -0.25) is 4.79 Å². The maximum atomic E-state index is 12.8. The highest BCUT2D eigenvalue weighted by Crippen LogP contribution is 2.18. The van der Waals surface area contributed by atoms with Gasteiger partial charge in [-0.1, -0.05) is 54.1 Å². The van der Waals surface area contributed by atoms with Gasteiger partial charge in [-0.05, 0) is 11.6 Å². The number of benzene rings is 2. The van der Waals surface area contributed by atoms with Crippen LogP contribution < -0.4 is 0 Å². The summed E-state index contributed by atoms with van der Waals surface area (Å²) in [5.74, 6) is -0.812. The van der Waals surface area contributed by atoms with Gasteiger partial charge in [0.1, 0.15) is 0 Å². The van der Waals surface area contributed by atoms with Crippen LogP contribution in [0.15, 0.2) is 54.9 Å². The fourth-order valence-electron chi connectivity index (χ4n) is 2.76. The van der Waals surface area contributed by atoms with Crippen LogP contribution in [0.25, 0.3) is 0 Å². The van der Waals surface area contributed by atoms with E-state index >= 15 is 0 Å². The Morgan fingerprint density at radius 3 is 2.41 bits per heavy atom. The molecule has 0 amide bonds. The molecule has 0 fully saturated rings. The van der Waals surface area contributed by atoms with E-state index < -0.39 is 5.97 Å². The van der Waals surface area contributed by atoms with E-state index in [1.54, 1.807) is 47.3 Å². The lowest BCUT2D eigenvalue weighted by molar-refractivity contribution is 0.0597. The normalized spacial score (nSPS) is 10.6. The number of carbonyl (C=O) groups is 2. The van der Waals surface area contributed by atoms with Crippen molar-refractivity contribution < 1.29 is 19.4 Å². The predicted molar refractivity (Wildman–Crippen MR) is 99.9 cm³/mol. The molecule has 0 bridgehead atoms. The Morgan fingerprint density at radius 2 is 1.78 bits per heavy atom. The fraction of sp³-hybridized carbons (Fsp3) is 0.150. The topological polar surface area (TPSA) is 81.4 Å². The Bertz CT molecular complexity index is 980. The summed E-state index contributed by atoms with van der Waals surface area (Å²) in [6.45, 7) is 0.253. The number of halogens is 1. The predicted octanol–water partition coefficient (Wildman–Crippen LogP) is 3.09. The average molecular weight is 385 g/mol. The molecule has 1 aromatic heterocycles. The summed E-state index contributed by atoms with van der Waals surface area (Å²) in [6.07, 6.45) is 1.56. The molecule has 3 rings (SSSR count). The van der Waals surface area contributed by atoms with Gasteiger partial charge in [-0.2, -0.15) is 0 Å². The van der Waals surface area contributed by atoms with Crippen LogP contribution in [0.2, 0.25) is 5.15 Å². The van der Waals surface area contributed by atoms with Crippen LogP contribution in [0.4, 0.5) is 0 Å².